The lowest BCUT2D eigenvalue weighted by molar-refractivity contribution is -0.139. The number of aliphatic carboxylic acids is 1. The Balaban J connectivity index is 2.12. The molecule has 1 aliphatic rings. The molecule has 5 heteroatoms. The largest absolute Gasteiger partial charge is 0.480 e. The molecule has 1 saturated heterocycles. The number of hydrogen-bond acceptors (Lipinski definition) is 3. The summed E-state index contributed by atoms with van der Waals surface area (Å²) in [6, 6.07) is 7.53. The first-order chi connectivity index (χ1) is 10.0. The molecule has 0 aliphatic carbocycles. The van der Waals surface area contributed by atoms with Crippen molar-refractivity contribution in [2.75, 3.05) is 24.5 Å². The van der Waals surface area contributed by atoms with E-state index in [2.05, 4.69) is 0 Å². The summed E-state index contributed by atoms with van der Waals surface area (Å²) in [5.41, 5.74) is 2.04. The molecule has 0 bridgehead atoms. The van der Waals surface area contributed by atoms with Crippen molar-refractivity contribution >= 4 is 17.6 Å². The molecule has 1 fully saturated rings. The van der Waals surface area contributed by atoms with Crippen LogP contribution in [0.5, 0.6) is 0 Å². The van der Waals surface area contributed by atoms with Gasteiger partial charge < -0.3 is 10.0 Å². The van der Waals surface area contributed by atoms with Crippen molar-refractivity contribution in [1.82, 2.24) is 4.90 Å². The third-order valence-electron chi connectivity index (χ3n) is 3.81. The summed E-state index contributed by atoms with van der Waals surface area (Å²) in [6.07, 6.45) is 1.52. The summed E-state index contributed by atoms with van der Waals surface area (Å²) in [4.78, 5) is 27.1. The van der Waals surface area contributed by atoms with E-state index in [0.29, 0.717) is 19.5 Å². The van der Waals surface area contributed by atoms with Crippen molar-refractivity contribution in [2.24, 2.45) is 0 Å². The van der Waals surface area contributed by atoms with Crippen LogP contribution in [-0.2, 0) is 9.59 Å². The number of carbonyl (C=O) groups is 2. The Morgan fingerprint density at radius 1 is 1.38 bits per heavy atom. The molecule has 2 rings (SSSR count). The van der Waals surface area contributed by atoms with Crippen LogP contribution in [0.4, 0.5) is 5.69 Å². The van der Waals surface area contributed by atoms with E-state index in [4.69, 9.17) is 5.11 Å². The number of nitrogens with zero attached hydrogens (tertiary/aromatic N) is 2. The van der Waals surface area contributed by atoms with Crippen molar-refractivity contribution in [3.8, 4) is 0 Å². The van der Waals surface area contributed by atoms with Crippen LogP contribution in [-0.4, -0.2) is 47.6 Å². The maximum Gasteiger partial charge on any atom is 0.317 e. The normalized spacial score (nSPS) is 18.5. The Hall–Kier alpha value is -1.88. The van der Waals surface area contributed by atoms with Crippen molar-refractivity contribution in [3.05, 3.63) is 29.8 Å². The van der Waals surface area contributed by atoms with Gasteiger partial charge in [0.05, 0.1) is 12.6 Å². The van der Waals surface area contributed by atoms with Crippen LogP contribution in [0.15, 0.2) is 24.3 Å². The van der Waals surface area contributed by atoms with E-state index in [0.717, 1.165) is 17.7 Å². The van der Waals surface area contributed by atoms with Gasteiger partial charge in [0.25, 0.3) is 0 Å². The first kappa shape index (κ1) is 15.5. The lowest BCUT2D eigenvalue weighted by Crippen LogP contribution is -2.44. The Morgan fingerprint density at radius 3 is 2.62 bits per heavy atom. The topological polar surface area (TPSA) is 60.9 Å². The van der Waals surface area contributed by atoms with Gasteiger partial charge in [-0.15, -0.1) is 0 Å². The van der Waals surface area contributed by atoms with Gasteiger partial charge in [0.1, 0.15) is 0 Å². The minimum atomic E-state index is -0.884. The molecule has 1 heterocycles. The Morgan fingerprint density at radius 2 is 2.05 bits per heavy atom. The number of hydrogen-bond donors (Lipinski definition) is 1. The van der Waals surface area contributed by atoms with Gasteiger partial charge in [-0.05, 0) is 38.4 Å². The van der Waals surface area contributed by atoms with Crippen molar-refractivity contribution < 1.29 is 14.7 Å². The maximum atomic E-state index is 12.6. The van der Waals surface area contributed by atoms with Gasteiger partial charge in [-0.25, -0.2) is 0 Å². The highest BCUT2D eigenvalue weighted by molar-refractivity contribution is 5.99. The van der Waals surface area contributed by atoms with E-state index < -0.39 is 5.97 Å². The average molecular weight is 290 g/mol. The molecular formula is C16H22N2O3. The molecule has 1 amide bonds. The van der Waals surface area contributed by atoms with E-state index in [1.807, 2.05) is 38.1 Å². The quantitative estimate of drug-likeness (QED) is 0.869. The van der Waals surface area contributed by atoms with Crippen molar-refractivity contribution in [3.63, 3.8) is 0 Å². The van der Waals surface area contributed by atoms with Crippen LogP contribution in [0, 0.1) is 6.92 Å². The van der Waals surface area contributed by atoms with Gasteiger partial charge in [0, 0.05) is 12.2 Å². The summed E-state index contributed by atoms with van der Waals surface area (Å²) in [5.74, 6) is -0.876. The first-order valence-corrected chi connectivity index (χ1v) is 7.36. The molecule has 1 aliphatic heterocycles. The van der Waals surface area contributed by atoms with Crippen LogP contribution in [0.25, 0.3) is 0 Å². The number of anilines is 1. The molecule has 5 nitrogen and oxygen atoms in total. The second kappa shape index (κ2) is 6.72. The number of carboxylic acids is 1. The molecule has 1 aromatic carbocycles. The molecule has 0 saturated carbocycles. The number of benzene rings is 1. The molecule has 21 heavy (non-hydrogen) atoms. The van der Waals surface area contributed by atoms with Gasteiger partial charge in [0.2, 0.25) is 5.91 Å². The molecule has 1 aromatic rings. The van der Waals surface area contributed by atoms with Gasteiger partial charge >= 0.3 is 5.97 Å². The Kier molecular flexibility index (Phi) is 4.96. The summed E-state index contributed by atoms with van der Waals surface area (Å²) in [5, 5.41) is 9.00. The fourth-order valence-electron chi connectivity index (χ4n) is 2.79. The number of rotatable bonds is 6. The third kappa shape index (κ3) is 3.61. The van der Waals surface area contributed by atoms with Crippen LogP contribution in [0.3, 0.4) is 0 Å². The lowest BCUT2D eigenvalue weighted by Gasteiger charge is -2.25. The average Bonchev–Trinajstić information content (AvgIpc) is 2.81. The van der Waals surface area contributed by atoms with Crippen LogP contribution in [0.2, 0.25) is 0 Å². The van der Waals surface area contributed by atoms with E-state index in [1.54, 1.807) is 9.80 Å². The number of carbonyl (C=O) groups excluding carboxylic acids is 1. The van der Waals surface area contributed by atoms with Crippen LogP contribution >= 0.6 is 0 Å². The number of aryl methyl sites for hydroxylation is 1. The molecule has 1 N–H and O–H groups in total. The van der Waals surface area contributed by atoms with Gasteiger partial charge in [-0.1, -0.05) is 24.6 Å². The second-order valence-electron chi connectivity index (χ2n) is 5.49. The minimum absolute atomic E-state index is 0.00792. The second-order valence-corrected chi connectivity index (χ2v) is 5.49. The highest BCUT2D eigenvalue weighted by Gasteiger charge is 2.36. The molecule has 0 aromatic heterocycles. The van der Waals surface area contributed by atoms with Gasteiger partial charge in [0.15, 0.2) is 0 Å². The van der Waals surface area contributed by atoms with Crippen molar-refractivity contribution in [1.29, 1.82) is 0 Å². The summed E-state index contributed by atoms with van der Waals surface area (Å²) in [6.45, 7) is 5.20. The fraction of sp³-hybridized carbons (Fsp3) is 0.500. The SMILES string of the molecule is CCCN(CC(=O)O)C1CCN(c2ccc(C)cc2)C1=O. The predicted octanol–water partition coefficient (Wildman–Crippen LogP) is 1.90. The van der Waals surface area contributed by atoms with Gasteiger partial charge in [-0.2, -0.15) is 0 Å². The summed E-state index contributed by atoms with van der Waals surface area (Å²) >= 11 is 0. The molecular weight excluding hydrogens is 268 g/mol. The number of carboxylic acid groups (broad SMARTS) is 1. The predicted molar refractivity (Wildman–Crippen MR) is 81.4 cm³/mol. The molecule has 1 unspecified atom stereocenters. The Labute approximate surface area is 125 Å². The monoisotopic (exact) mass is 290 g/mol. The lowest BCUT2D eigenvalue weighted by atomic mass is 10.2. The van der Waals surface area contributed by atoms with E-state index in [9.17, 15) is 9.59 Å². The Bertz CT molecular complexity index is 513. The summed E-state index contributed by atoms with van der Waals surface area (Å²) in [7, 11) is 0. The highest BCUT2D eigenvalue weighted by Crippen LogP contribution is 2.24. The van der Waals surface area contributed by atoms with E-state index in [-0.39, 0.29) is 18.5 Å². The fourth-order valence-corrected chi connectivity index (χ4v) is 2.79. The summed E-state index contributed by atoms with van der Waals surface area (Å²) < 4.78 is 0. The van der Waals surface area contributed by atoms with Crippen molar-refractivity contribution in [2.45, 2.75) is 32.7 Å². The smallest absolute Gasteiger partial charge is 0.317 e. The number of amides is 1. The van der Waals surface area contributed by atoms with E-state index >= 15 is 0 Å². The molecule has 114 valence electrons. The molecule has 0 spiro atoms. The van der Waals surface area contributed by atoms with E-state index in [1.165, 1.54) is 0 Å². The van der Waals surface area contributed by atoms with Crippen LogP contribution in [0.1, 0.15) is 25.3 Å². The first-order valence-electron chi connectivity index (χ1n) is 7.36. The standard InChI is InChI=1S/C16H22N2O3/c1-3-9-17(11-15(19)20)14-8-10-18(16(14)21)13-6-4-12(2)5-7-13/h4-7,14H,3,8-11H2,1-2H3,(H,19,20). The molecule has 0 radical (unpaired) electrons. The zero-order chi connectivity index (χ0) is 15.4. The zero-order valence-electron chi connectivity index (χ0n) is 12.6. The highest BCUT2D eigenvalue weighted by atomic mass is 16.4. The maximum absolute atomic E-state index is 12.6. The third-order valence-corrected chi connectivity index (χ3v) is 3.81. The molecule has 1 atom stereocenters. The minimum Gasteiger partial charge on any atom is -0.480 e. The van der Waals surface area contributed by atoms with Gasteiger partial charge in [-0.3, -0.25) is 14.5 Å². The van der Waals surface area contributed by atoms with Crippen LogP contribution < -0.4 is 4.90 Å². The zero-order valence-corrected chi connectivity index (χ0v) is 12.6.